The van der Waals surface area contributed by atoms with Crippen LogP contribution in [0.5, 0.6) is 5.75 Å². The molecule has 0 aliphatic carbocycles. The van der Waals surface area contributed by atoms with Crippen molar-refractivity contribution in [2.75, 3.05) is 7.11 Å². The first-order chi connectivity index (χ1) is 10.5. The van der Waals surface area contributed by atoms with Crippen LogP contribution in [0, 0.1) is 6.92 Å². The first kappa shape index (κ1) is 16.4. The molecule has 116 valence electrons. The van der Waals surface area contributed by atoms with Gasteiger partial charge in [0, 0.05) is 10.6 Å². The van der Waals surface area contributed by atoms with Crippen LogP contribution in [0.25, 0.3) is 0 Å². The molecule has 1 amide bonds. The fourth-order valence-corrected chi connectivity index (χ4v) is 2.48. The van der Waals surface area contributed by atoms with Crippen LogP contribution in [0.4, 0.5) is 0 Å². The summed E-state index contributed by atoms with van der Waals surface area (Å²) in [5.74, 6) is 0.753. The fraction of sp³-hybridized carbons (Fsp3) is 0.278. The molecule has 0 spiro atoms. The summed E-state index contributed by atoms with van der Waals surface area (Å²) in [5.41, 5.74) is 3.05. The predicted molar refractivity (Wildman–Crippen MR) is 89.4 cm³/mol. The van der Waals surface area contributed by atoms with E-state index in [0.717, 1.165) is 22.4 Å². The quantitative estimate of drug-likeness (QED) is 0.902. The Labute approximate surface area is 136 Å². The van der Waals surface area contributed by atoms with Crippen molar-refractivity contribution in [3.8, 4) is 5.75 Å². The largest absolute Gasteiger partial charge is 0.496 e. The van der Waals surface area contributed by atoms with Gasteiger partial charge in [0.15, 0.2) is 0 Å². The first-order valence-corrected chi connectivity index (χ1v) is 7.55. The van der Waals surface area contributed by atoms with E-state index in [-0.39, 0.29) is 11.9 Å². The minimum Gasteiger partial charge on any atom is -0.496 e. The molecule has 0 aliphatic rings. The minimum absolute atomic E-state index is 0.0293. The summed E-state index contributed by atoms with van der Waals surface area (Å²) in [4.78, 5) is 12.2. The molecule has 0 fully saturated rings. The third kappa shape index (κ3) is 4.25. The first-order valence-electron chi connectivity index (χ1n) is 7.18. The fourth-order valence-electron chi connectivity index (χ4n) is 2.35. The maximum atomic E-state index is 12.2. The summed E-state index contributed by atoms with van der Waals surface area (Å²) in [6, 6.07) is 13.1. The van der Waals surface area contributed by atoms with E-state index in [1.54, 1.807) is 19.2 Å². The van der Waals surface area contributed by atoms with E-state index in [1.165, 1.54) is 0 Å². The van der Waals surface area contributed by atoms with E-state index in [0.29, 0.717) is 11.4 Å². The standard InChI is InChI=1S/C18H20ClNO2/c1-12-4-9-17(22-3)16(10-12)13(2)20-18(21)11-14-5-7-15(19)8-6-14/h4-10,13H,11H2,1-3H3,(H,20,21)/t13-/m0/s1. The number of hydrogen-bond donors (Lipinski definition) is 1. The highest BCUT2D eigenvalue weighted by Crippen LogP contribution is 2.26. The topological polar surface area (TPSA) is 38.3 Å². The van der Waals surface area contributed by atoms with Gasteiger partial charge in [0.05, 0.1) is 19.6 Å². The van der Waals surface area contributed by atoms with Gasteiger partial charge in [0.2, 0.25) is 5.91 Å². The molecule has 1 N–H and O–H groups in total. The van der Waals surface area contributed by atoms with Crippen LogP contribution in [0.2, 0.25) is 5.02 Å². The van der Waals surface area contributed by atoms with E-state index >= 15 is 0 Å². The molecule has 0 radical (unpaired) electrons. The van der Waals surface area contributed by atoms with Gasteiger partial charge in [-0.1, -0.05) is 41.4 Å². The van der Waals surface area contributed by atoms with Gasteiger partial charge in [0.1, 0.15) is 5.75 Å². The van der Waals surface area contributed by atoms with Crippen LogP contribution in [0.1, 0.15) is 29.7 Å². The smallest absolute Gasteiger partial charge is 0.224 e. The highest BCUT2D eigenvalue weighted by atomic mass is 35.5. The zero-order valence-corrected chi connectivity index (χ0v) is 13.8. The van der Waals surface area contributed by atoms with Crippen molar-refractivity contribution in [1.82, 2.24) is 5.32 Å². The molecule has 3 nitrogen and oxygen atoms in total. The van der Waals surface area contributed by atoms with Crippen LogP contribution >= 0.6 is 11.6 Å². The number of hydrogen-bond acceptors (Lipinski definition) is 2. The molecule has 2 rings (SSSR count). The number of methoxy groups -OCH3 is 1. The summed E-state index contributed by atoms with van der Waals surface area (Å²) >= 11 is 5.85. The number of halogens is 1. The highest BCUT2D eigenvalue weighted by molar-refractivity contribution is 6.30. The Bertz CT molecular complexity index is 653. The molecule has 1 atom stereocenters. The van der Waals surface area contributed by atoms with Gasteiger partial charge >= 0.3 is 0 Å². The molecule has 0 unspecified atom stereocenters. The van der Waals surface area contributed by atoms with Crippen molar-refractivity contribution in [2.24, 2.45) is 0 Å². The zero-order chi connectivity index (χ0) is 16.1. The van der Waals surface area contributed by atoms with Gasteiger partial charge in [-0.05, 0) is 37.6 Å². The lowest BCUT2D eigenvalue weighted by Crippen LogP contribution is -2.28. The zero-order valence-electron chi connectivity index (χ0n) is 13.0. The molecule has 4 heteroatoms. The van der Waals surface area contributed by atoms with Crippen LogP contribution in [-0.4, -0.2) is 13.0 Å². The Morgan fingerprint density at radius 1 is 1.23 bits per heavy atom. The molecule has 2 aromatic carbocycles. The van der Waals surface area contributed by atoms with Crippen molar-refractivity contribution >= 4 is 17.5 Å². The lowest BCUT2D eigenvalue weighted by atomic mass is 10.0. The van der Waals surface area contributed by atoms with Crippen LogP contribution in [-0.2, 0) is 11.2 Å². The number of amides is 1. The number of ether oxygens (including phenoxy) is 1. The molecule has 0 saturated carbocycles. The highest BCUT2D eigenvalue weighted by Gasteiger charge is 2.14. The molecule has 0 aromatic heterocycles. The van der Waals surface area contributed by atoms with E-state index < -0.39 is 0 Å². The predicted octanol–water partition coefficient (Wildman–Crippen LogP) is 4.08. The Hall–Kier alpha value is -2.00. The lowest BCUT2D eigenvalue weighted by molar-refractivity contribution is -0.121. The second-order valence-corrected chi connectivity index (χ2v) is 5.77. The summed E-state index contributed by atoms with van der Waals surface area (Å²) in [6.45, 7) is 3.97. The third-order valence-electron chi connectivity index (χ3n) is 3.51. The van der Waals surface area contributed by atoms with Gasteiger partial charge in [-0.15, -0.1) is 0 Å². The SMILES string of the molecule is COc1ccc(C)cc1[C@H](C)NC(=O)Cc1ccc(Cl)cc1. The van der Waals surface area contributed by atoms with Gasteiger partial charge < -0.3 is 10.1 Å². The Morgan fingerprint density at radius 3 is 2.55 bits per heavy atom. The average Bonchev–Trinajstić information content (AvgIpc) is 2.49. The minimum atomic E-state index is -0.116. The molecular formula is C18H20ClNO2. The number of nitrogens with one attached hydrogen (secondary N) is 1. The number of carbonyl (C=O) groups excluding carboxylic acids is 1. The average molecular weight is 318 g/mol. The summed E-state index contributed by atoms with van der Waals surface area (Å²) in [5, 5.41) is 3.68. The second-order valence-electron chi connectivity index (χ2n) is 5.34. The lowest BCUT2D eigenvalue weighted by Gasteiger charge is -2.18. The maximum Gasteiger partial charge on any atom is 0.224 e. The normalized spacial score (nSPS) is 11.8. The summed E-state index contributed by atoms with van der Waals surface area (Å²) < 4.78 is 5.37. The van der Waals surface area contributed by atoms with Crippen molar-refractivity contribution < 1.29 is 9.53 Å². The number of aryl methyl sites for hydroxylation is 1. The van der Waals surface area contributed by atoms with Crippen molar-refractivity contribution in [3.63, 3.8) is 0 Å². The molecule has 2 aromatic rings. The van der Waals surface area contributed by atoms with Crippen molar-refractivity contribution in [1.29, 1.82) is 0 Å². The monoisotopic (exact) mass is 317 g/mol. The van der Waals surface area contributed by atoms with Gasteiger partial charge in [-0.3, -0.25) is 4.79 Å². The second kappa shape index (κ2) is 7.32. The number of rotatable bonds is 5. The molecule has 22 heavy (non-hydrogen) atoms. The summed E-state index contributed by atoms with van der Waals surface area (Å²) in [7, 11) is 1.64. The molecule has 0 saturated heterocycles. The molecule has 0 heterocycles. The van der Waals surface area contributed by atoms with Gasteiger partial charge in [-0.2, -0.15) is 0 Å². The van der Waals surface area contributed by atoms with Crippen LogP contribution in [0.15, 0.2) is 42.5 Å². The molecule has 0 aliphatic heterocycles. The van der Waals surface area contributed by atoms with Gasteiger partial charge in [0.25, 0.3) is 0 Å². The number of benzene rings is 2. The maximum absolute atomic E-state index is 12.2. The Kier molecular flexibility index (Phi) is 5.45. The molecule has 0 bridgehead atoms. The van der Waals surface area contributed by atoms with Crippen molar-refractivity contribution in [2.45, 2.75) is 26.3 Å². The van der Waals surface area contributed by atoms with E-state index in [9.17, 15) is 4.79 Å². The summed E-state index contributed by atoms with van der Waals surface area (Å²) in [6.07, 6.45) is 0.329. The Morgan fingerprint density at radius 2 is 1.91 bits per heavy atom. The third-order valence-corrected chi connectivity index (χ3v) is 3.76. The van der Waals surface area contributed by atoms with Crippen molar-refractivity contribution in [3.05, 3.63) is 64.2 Å². The van der Waals surface area contributed by atoms with Gasteiger partial charge in [-0.25, -0.2) is 0 Å². The van der Waals surface area contributed by atoms with Crippen LogP contribution in [0.3, 0.4) is 0 Å². The van der Waals surface area contributed by atoms with Crippen LogP contribution < -0.4 is 10.1 Å². The van der Waals surface area contributed by atoms with E-state index in [2.05, 4.69) is 5.32 Å². The Balaban J connectivity index is 2.05. The molecular weight excluding hydrogens is 298 g/mol. The van der Waals surface area contributed by atoms with E-state index in [4.69, 9.17) is 16.3 Å². The van der Waals surface area contributed by atoms with E-state index in [1.807, 2.05) is 44.2 Å². The number of carbonyl (C=O) groups is 1.